The van der Waals surface area contributed by atoms with E-state index in [-0.39, 0.29) is 30.7 Å². The van der Waals surface area contributed by atoms with Crippen molar-refractivity contribution in [3.63, 3.8) is 0 Å². The zero-order chi connectivity index (χ0) is 22.5. The lowest BCUT2D eigenvalue weighted by Crippen LogP contribution is -2.47. The number of alkyl halides is 3. The van der Waals surface area contributed by atoms with E-state index in [4.69, 9.17) is 8.85 Å². The second-order valence-electron chi connectivity index (χ2n) is 7.45. The number of hydrogen-bond acceptors (Lipinski definition) is 3. The van der Waals surface area contributed by atoms with Crippen LogP contribution in [0.1, 0.15) is 55.4 Å². The van der Waals surface area contributed by atoms with Crippen molar-refractivity contribution >= 4 is 11.7 Å². The first-order chi connectivity index (χ1) is 13.6. The summed E-state index contributed by atoms with van der Waals surface area (Å²) in [7, 11) is 0. The van der Waals surface area contributed by atoms with E-state index in [1.807, 2.05) is 0 Å². The van der Waals surface area contributed by atoms with E-state index < -0.39 is 35.8 Å². The fraction of sp³-hybridized carbons (Fsp3) is 0.579. The summed E-state index contributed by atoms with van der Waals surface area (Å²) in [5, 5.41) is 0. The van der Waals surface area contributed by atoms with Crippen LogP contribution in [0.25, 0.3) is 5.65 Å². The predicted octanol–water partition coefficient (Wildman–Crippen LogP) is 4.69. The van der Waals surface area contributed by atoms with E-state index in [0.29, 0.717) is 6.42 Å². The molecule has 1 aliphatic rings. The zero-order valence-corrected chi connectivity index (χ0v) is 15.4. The van der Waals surface area contributed by atoms with Crippen molar-refractivity contribution in [2.24, 2.45) is 0 Å². The molecule has 1 fully saturated rings. The van der Waals surface area contributed by atoms with Gasteiger partial charge in [0, 0.05) is 34.1 Å². The molecule has 0 unspecified atom stereocenters. The summed E-state index contributed by atoms with van der Waals surface area (Å²) in [5.41, 5.74) is -1.43. The van der Waals surface area contributed by atoms with Crippen LogP contribution in [0.15, 0.2) is 24.5 Å². The third-order valence-electron chi connectivity index (χ3n) is 4.01. The molecule has 0 radical (unpaired) electrons. The molecule has 1 amide bonds. The number of halogens is 3. The summed E-state index contributed by atoms with van der Waals surface area (Å²) in [4.78, 5) is 17.9. The highest BCUT2D eigenvalue weighted by Crippen LogP contribution is 2.30. The number of hydrogen-bond donors (Lipinski definition) is 0. The predicted molar refractivity (Wildman–Crippen MR) is 94.5 cm³/mol. The van der Waals surface area contributed by atoms with Gasteiger partial charge in [-0.3, -0.25) is 0 Å². The van der Waals surface area contributed by atoms with Gasteiger partial charge in [0.1, 0.15) is 11.2 Å². The third-order valence-corrected chi connectivity index (χ3v) is 4.01. The van der Waals surface area contributed by atoms with Crippen LogP contribution in [-0.2, 0) is 17.3 Å². The van der Waals surface area contributed by atoms with Gasteiger partial charge in [0.15, 0.2) is 0 Å². The van der Waals surface area contributed by atoms with E-state index in [9.17, 15) is 18.0 Å². The van der Waals surface area contributed by atoms with Gasteiger partial charge < -0.3 is 14.0 Å². The number of amides is 1. The molecule has 1 saturated heterocycles. The lowest BCUT2D eigenvalue weighted by molar-refractivity contribution is -0.137. The average molecular weight is 386 g/mol. The Bertz CT molecular complexity index is 956. The molecule has 27 heavy (non-hydrogen) atoms. The maximum atomic E-state index is 13.0. The number of fused-ring (bicyclic) bond motifs is 1. The number of ether oxygens (including phenoxy) is 1. The summed E-state index contributed by atoms with van der Waals surface area (Å²) in [5.74, 6) is 0. The van der Waals surface area contributed by atoms with Gasteiger partial charge in [0.25, 0.3) is 0 Å². The van der Waals surface area contributed by atoms with Gasteiger partial charge in [-0.25, -0.2) is 9.78 Å². The zero-order valence-electron chi connectivity index (χ0n) is 18.4. The molecule has 0 aliphatic carbocycles. The number of pyridine rings is 1. The molecule has 0 N–H and O–H groups in total. The Morgan fingerprint density at radius 2 is 2.15 bits per heavy atom. The molecule has 0 aromatic carbocycles. The minimum atomic E-state index is -4.51. The highest BCUT2D eigenvalue weighted by atomic mass is 19.4. The third kappa shape index (κ3) is 4.73. The largest absolute Gasteiger partial charge is 0.444 e. The first-order valence-corrected chi connectivity index (χ1v) is 8.68. The molecule has 3 heterocycles. The maximum Gasteiger partial charge on any atom is 0.416 e. The lowest BCUT2D eigenvalue weighted by Gasteiger charge is -2.36. The van der Waals surface area contributed by atoms with E-state index >= 15 is 0 Å². The quantitative estimate of drug-likeness (QED) is 0.753. The molecule has 5 nitrogen and oxygen atoms in total. The van der Waals surface area contributed by atoms with Crippen molar-refractivity contribution in [3.8, 4) is 0 Å². The minimum Gasteiger partial charge on any atom is -0.444 e. The van der Waals surface area contributed by atoms with Crippen LogP contribution < -0.4 is 0 Å². The average Bonchev–Trinajstić information content (AvgIpc) is 2.96. The standard InChI is InChI=1S/C19H24F3N3O2/c1-18(2,3)27-17(26)25-8-5-4-6-15(25)11-14-12-24-9-7-13(19(20,21)22)10-16(24)23-14/h7,9-10,12,15H,4-6,8,11H2,1-3H3/t15-/m0/s1/i6D2,15D. The topological polar surface area (TPSA) is 46.8 Å². The van der Waals surface area contributed by atoms with Crippen molar-refractivity contribution in [1.29, 1.82) is 0 Å². The Balaban J connectivity index is 1.96. The molecule has 1 atom stereocenters. The lowest BCUT2D eigenvalue weighted by atomic mass is 9.98. The molecule has 0 bridgehead atoms. The Kier molecular flexibility index (Phi) is 4.12. The molecule has 2 aromatic rings. The fourth-order valence-corrected chi connectivity index (χ4v) is 2.84. The smallest absolute Gasteiger partial charge is 0.416 e. The minimum absolute atomic E-state index is 0.0311. The highest BCUT2D eigenvalue weighted by molar-refractivity contribution is 5.68. The van der Waals surface area contributed by atoms with Crippen molar-refractivity contribution in [1.82, 2.24) is 14.3 Å². The van der Waals surface area contributed by atoms with Crippen LogP contribution in [0.2, 0.25) is 0 Å². The number of carbonyl (C=O) groups excluding carboxylic acids is 1. The van der Waals surface area contributed by atoms with Gasteiger partial charge in [0.05, 0.1) is 12.6 Å². The van der Waals surface area contributed by atoms with Crippen LogP contribution in [0.4, 0.5) is 18.0 Å². The van der Waals surface area contributed by atoms with Gasteiger partial charge in [-0.2, -0.15) is 13.2 Å². The van der Waals surface area contributed by atoms with E-state index in [1.54, 1.807) is 20.8 Å². The Hall–Kier alpha value is -2.25. The SMILES string of the molecule is [2H]C1([2H])CCCN(C(=O)OC(C)(C)C)[C@]1([2H])Cc1cn2ccc(C(F)(F)F)cc2n1. The van der Waals surface area contributed by atoms with Gasteiger partial charge in [-0.1, -0.05) is 0 Å². The van der Waals surface area contributed by atoms with Crippen molar-refractivity contribution in [2.75, 3.05) is 6.54 Å². The number of likely N-dealkylation sites (tertiary alicyclic amines) is 1. The van der Waals surface area contributed by atoms with Crippen molar-refractivity contribution < 1.29 is 26.8 Å². The number of imidazole rings is 1. The van der Waals surface area contributed by atoms with Gasteiger partial charge in [-0.15, -0.1) is 0 Å². The molecule has 148 valence electrons. The van der Waals surface area contributed by atoms with Gasteiger partial charge in [-0.05, 0) is 52.1 Å². The first-order valence-electron chi connectivity index (χ1n) is 10.2. The van der Waals surface area contributed by atoms with E-state index in [1.165, 1.54) is 16.8 Å². The summed E-state index contributed by atoms with van der Waals surface area (Å²) in [6, 6.07) is -0.207. The monoisotopic (exact) mass is 386 g/mol. The van der Waals surface area contributed by atoms with Crippen LogP contribution in [0.3, 0.4) is 0 Å². The Morgan fingerprint density at radius 1 is 1.41 bits per heavy atom. The summed E-state index contributed by atoms with van der Waals surface area (Å²) >= 11 is 0. The number of piperidine rings is 1. The number of aromatic nitrogens is 2. The summed E-state index contributed by atoms with van der Waals surface area (Å²) < 4.78 is 71.3. The van der Waals surface area contributed by atoms with Crippen LogP contribution in [0.5, 0.6) is 0 Å². The molecule has 1 aliphatic heterocycles. The number of carbonyl (C=O) groups is 1. The van der Waals surface area contributed by atoms with Crippen LogP contribution in [-0.4, -0.2) is 38.5 Å². The normalized spacial score (nSPS) is 25.0. The molecule has 2 aromatic heterocycles. The second kappa shape index (κ2) is 7.05. The number of nitrogens with zero attached hydrogens (tertiary/aromatic N) is 3. The molecule has 0 saturated carbocycles. The fourth-order valence-electron chi connectivity index (χ4n) is 2.84. The van der Waals surface area contributed by atoms with Crippen LogP contribution in [0, 0.1) is 0 Å². The highest BCUT2D eigenvalue weighted by Gasteiger charge is 2.32. The molecular formula is C19H24F3N3O2. The van der Waals surface area contributed by atoms with Crippen molar-refractivity contribution in [3.05, 3.63) is 35.8 Å². The first kappa shape index (κ1) is 15.8. The molecular weight excluding hydrogens is 359 g/mol. The van der Waals surface area contributed by atoms with Gasteiger partial charge >= 0.3 is 12.3 Å². The Morgan fingerprint density at radius 3 is 2.81 bits per heavy atom. The summed E-state index contributed by atoms with van der Waals surface area (Å²) in [6.07, 6.45) is -4.56. The summed E-state index contributed by atoms with van der Waals surface area (Å²) in [6.45, 7) is 5.17. The second-order valence-corrected chi connectivity index (χ2v) is 7.45. The maximum absolute atomic E-state index is 13.0. The van der Waals surface area contributed by atoms with E-state index in [0.717, 1.165) is 17.0 Å². The molecule has 0 spiro atoms. The number of rotatable bonds is 2. The van der Waals surface area contributed by atoms with E-state index in [2.05, 4.69) is 4.98 Å². The van der Waals surface area contributed by atoms with Crippen molar-refractivity contribution in [2.45, 2.75) is 64.2 Å². The molecule has 8 heteroatoms. The van der Waals surface area contributed by atoms with Crippen LogP contribution >= 0.6 is 0 Å². The Labute approximate surface area is 160 Å². The molecule has 3 rings (SSSR count). The van der Waals surface area contributed by atoms with Gasteiger partial charge in [0.2, 0.25) is 0 Å².